The van der Waals surface area contributed by atoms with Gasteiger partial charge in [0.2, 0.25) is 5.91 Å². The Kier molecular flexibility index (Phi) is 5.70. The second kappa shape index (κ2) is 8.74. The summed E-state index contributed by atoms with van der Waals surface area (Å²) in [4.78, 5) is 32.5. The molecule has 1 amide bonds. The van der Waals surface area contributed by atoms with Crippen LogP contribution in [0.5, 0.6) is 0 Å². The highest BCUT2D eigenvalue weighted by atomic mass is 16.2. The average Bonchev–Trinajstić information content (AvgIpc) is 2.77. The van der Waals surface area contributed by atoms with E-state index >= 15 is 0 Å². The molecule has 0 bridgehead atoms. The number of nitrogens with one attached hydrogen (secondary N) is 2. The Morgan fingerprint density at radius 3 is 2.57 bits per heavy atom. The minimum Gasteiger partial charge on any atom is -0.351 e. The summed E-state index contributed by atoms with van der Waals surface area (Å²) in [6, 6.07) is 21.3. The molecule has 150 valence electrons. The van der Waals surface area contributed by atoms with Crippen molar-refractivity contribution in [1.29, 1.82) is 0 Å². The van der Waals surface area contributed by atoms with Gasteiger partial charge in [0.1, 0.15) is 0 Å². The van der Waals surface area contributed by atoms with E-state index in [0.29, 0.717) is 12.0 Å². The molecule has 2 heterocycles. The molecule has 1 atom stereocenters. The number of aromatic amines is 1. The Bertz CT molecular complexity index is 1220. The average molecular weight is 397 g/mol. The zero-order valence-electron chi connectivity index (χ0n) is 16.8. The van der Waals surface area contributed by atoms with Crippen LogP contribution in [-0.4, -0.2) is 15.9 Å². The number of aromatic nitrogens is 2. The quantitative estimate of drug-likeness (QED) is 0.519. The number of hydrogen-bond donors (Lipinski definition) is 2. The molecule has 2 aromatic heterocycles. The Morgan fingerprint density at radius 2 is 1.80 bits per heavy atom. The molecule has 0 saturated heterocycles. The predicted molar refractivity (Wildman–Crippen MR) is 118 cm³/mol. The van der Waals surface area contributed by atoms with Crippen molar-refractivity contribution in [3.8, 4) is 0 Å². The molecule has 2 N–H and O–H groups in total. The molecule has 4 rings (SSSR count). The van der Waals surface area contributed by atoms with Crippen LogP contribution in [0.2, 0.25) is 0 Å². The summed E-state index contributed by atoms with van der Waals surface area (Å²) in [7, 11) is 0. The van der Waals surface area contributed by atoms with Gasteiger partial charge in [0.25, 0.3) is 5.56 Å². The number of benzene rings is 2. The molecule has 0 aliphatic rings. The van der Waals surface area contributed by atoms with Gasteiger partial charge < -0.3 is 10.3 Å². The number of carbonyl (C=O) groups is 1. The monoisotopic (exact) mass is 397 g/mol. The Labute approximate surface area is 174 Å². The highest BCUT2D eigenvalue weighted by molar-refractivity contribution is 5.84. The van der Waals surface area contributed by atoms with E-state index in [9.17, 15) is 9.59 Å². The molecule has 1 unspecified atom stereocenters. The van der Waals surface area contributed by atoms with Crippen molar-refractivity contribution in [2.75, 3.05) is 0 Å². The van der Waals surface area contributed by atoms with Gasteiger partial charge in [-0.05, 0) is 60.2 Å². The molecule has 0 aliphatic heterocycles. The van der Waals surface area contributed by atoms with Crippen molar-refractivity contribution in [3.05, 3.63) is 112 Å². The van der Waals surface area contributed by atoms with Crippen molar-refractivity contribution < 1.29 is 4.79 Å². The van der Waals surface area contributed by atoms with Crippen LogP contribution >= 0.6 is 0 Å². The largest absolute Gasteiger partial charge is 0.351 e. The zero-order chi connectivity index (χ0) is 20.9. The fraction of sp³-hybridized carbons (Fsp3) is 0.160. The van der Waals surface area contributed by atoms with Crippen LogP contribution in [0, 0.1) is 6.92 Å². The van der Waals surface area contributed by atoms with E-state index < -0.39 is 0 Å². The lowest BCUT2D eigenvalue weighted by Gasteiger charge is -2.17. The molecule has 0 spiro atoms. The number of amides is 1. The van der Waals surface area contributed by atoms with Gasteiger partial charge in [-0.3, -0.25) is 14.6 Å². The van der Waals surface area contributed by atoms with Gasteiger partial charge in [0.15, 0.2) is 0 Å². The van der Waals surface area contributed by atoms with E-state index in [4.69, 9.17) is 0 Å². The third kappa shape index (κ3) is 4.46. The van der Waals surface area contributed by atoms with E-state index in [1.54, 1.807) is 12.4 Å². The fourth-order valence-electron chi connectivity index (χ4n) is 3.61. The third-order valence-electron chi connectivity index (χ3n) is 5.24. The maximum Gasteiger partial charge on any atom is 0.253 e. The topological polar surface area (TPSA) is 74.8 Å². The Hall–Kier alpha value is -3.73. The maximum absolute atomic E-state index is 13.1. The molecule has 0 saturated carbocycles. The van der Waals surface area contributed by atoms with Crippen molar-refractivity contribution in [1.82, 2.24) is 15.3 Å². The van der Waals surface area contributed by atoms with Gasteiger partial charge in [0.05, 0.1) is 5.92 Å². The van der Waals surface area contributed by atoms with E-state index in [-0.39, 0.29) is 23.9 Å². The van der Waals surface area contributed by atoms with E-state index in [1.807, 2.05) is 73.7 Å². The number of rotatable bonds is 6. The number of fused-ring (bicyclic) bond motifs is 1. The Morgan fingerprint density at radius 1 is 1.03 bits per heavy atom. The van der Waals surface area contributed by atoms with Crippen molar-refractivity contribution >= 4 is 16.8 Å². The van der Waals surface area contributed by atoms with Gasteiger partial charge in [-0.1, -0.05) is 42.0 Å². The van der Waals surface area contributed by atoms with Crippen LogP contribution < -0.4 is 10.9 Å². The van der Waals surface area contributed by atoms with E-state index in [2.05, 4.69) is 15.3 Å². The lowest BCUT2D eigenvalue weighted by molar-refractivity contribution is -0.122. The van der Waals surface area contributed by atoms with Gasteiger partial charge in [-0.2, -0.15) is 0 Å². The predicted octanol–water partition coefficient (Wildman–Crippen LogP) is 3.87. The second-order valence-corrected chi connectivity index (χ2v) is 7.46. The van der Waals surface area contributed by atoms with Gasteiger partial charge in [-0.25, -0.2) is 0 Å². The molecule has 0 aliphatic carbocycles. The first-order valence-corrected chi connectivity index (χ1v) is 9.94. The summed E-state index contributed by atoms with van der Waals surface area (Å²) >= 11 is 0. The summed E-state index contributed by atoms with van der Waals surface area (Å²) in [6.45, 7) is 2.19. The van der Waals surface area contributed by atoms with Crippen LogP contribution in [0.4, 0.5) is 0 Å². The van der Waals surface area contributed by atoms with Crippen LogP contribution in [0.3, 0.4) is 0 Å². The lowest BCUT2D eigenvalue weighted by atomic mass is 9.91. The molecule has 4 aromatic rings. The number of carbonyl (C=O) groups excluding carboxylic acids is 1. The SMILES string of the molecule is Cc1ccc2[nH]c(=O)c(CNC(=O)C(Cc3ccncc3)c3ccccc3)cc2c1. The first-order valence-electron chi connectivity index (χ1n) is 9.94. The van der Waals surface area contributed by atoms with Gasteiger partial charge in [-0.15, -0.1) is 0 Å². The molecule has 0 fully saturated rings. The van der Waals surface area contributed by atoms with E-state index in [0.717, 1.165) is 27.6 Å². The summed E-state index contributed by atoms with van der Waals surface area (Å²) in [5, 5.41) is 3.92. The molecule has 2 aromatic carbocycles. The third-order valence-corrected chi connectivity index (χ3v) is 5.24. The van der Waals surface area contributed by atoms with Crippen molar-refractivity contribution in [2.24, 2.45) is 0 Å². The molecular weight excluding hydrogens is 374 g/mol. The first kappa shape index (κ1) is 19.6. The number of aryl methyl sites for hydroxylation is 1. The summed E-state index contributed by atoms with van der Waals surface area (Å²) in [5.41, 5.74) is 4.24. The number of pyridine rings is 2. The summed E-state index contributed by atoms with van der Waals surface area (Å²) in [5.74, 6) is -0.461. The summed E-state index contributed by atoms with van der Waals surface area (Å²) < 4.78 is 0. The lowest BCUT2D eigenvalue weighted by Crippen LogP contribution is -2.32. The highest BCUT2D eigenvalue weighted by Crippen LogP contribution is 2.21. The number of hydrogen-bond acceptors (Lipinski definition) is 3. The van der Waals surface area contributed by atoms with Crippen LogP contribution in [0.15, 0.2) is 83.9 Å². The summed E-state index contributed by atoms with van der Waals surface area (Å²) in [6.07, 6.45) is 4.02. The molecule has 5 nitrogen and oxygen atoms in total. The zero-order valence-corrected chi connectivity index (χ0v) is 16.8. The fourth-order valence-corrected chi connectivity index (χ4v) is 3.61. The smallest absolute Gasteiger partial charge is 0.253 e. The molecule has 5 heteroatoms. The normalized spacial score (nSPS) is 11.9. The molecular formula is C25H23N3O2. The van der Waals surface area contributed by atoms with Crippen molar-refractivity contribution in [3.63, 3.8) is 0 Å². The Balaban J connectivity index is 1.56. The van der Waals surface area contributed by atoms with Crippen LogP contribution in [0.1, 0.15) is 28.2 Å². The minimum absolute atomic E-state index is 0.109. The van der Waals surface area contributed by atoms with Crippen LogP contribution in [-0.2, 0) is 17.8 Å². The second-order valence-electron chi connectivity index (χ2n) is 7.46. The maximum atomic E-state index is 13.1. The van der Waals surface area contributed by atoms with Crippen LogP contribution in [0.25, 0.3) is 10.9 Å². The number of nitrogens with zero attached hydrogens (tertiary/aromatic N) is 1. The van der Waals surface area contributed by atoms with Gasteiger partial charge >= 0.3 is 0 Å². The highest BCUT2D eigenvalue weighted by Gasteiger charge is 2.21. The van der Waals surface area contributed by atoms with Crippen molar-refractivity contribution in [2.45, 2.75) is 25.8 Å². The first-order chi connectivity index (χ1) is 14.6. The van der Waals surface area contributed by atoms with Gasteiger partial charge in [0, 0.05) is 30.0 Å². The number of H-pyrrole nitrogens is 1. The molecule has 30 heavy (non-hydrogen) atoms. The standard InChI is InChI=1S/C25H23N3O2/c1-17-7-8-23-20(13-17)15-21(24(29)28-23)16-27-25(30)22(19-5-3-2-4-6-19)14-18-9-11-26-12-10-18/h2-13,15,22H,14,16H2,1H3,(H,27,30)(H,28,29). The van der Waals surface area contributed by atoms with E-state index in [1.165, 1.54) is 0 Å². The minimum atomic E-state index is -0.351. The molecule has 0 radical (unpaired) electrons.